The fourth-order valence-corrected chi connectivity index (χ4v) is 2.06. The second-order valence-corrected chi connectivity index (χ2v) is 4.52. The highest BCUT2D eigenvalue weighted by Crippen LogP contribution is 2.21. The Kier molecular flexibility index (Phi) is 3.96. The smallest absolute Gasteiger partial charge is 0.189 e. The van der Waals surface area contributed by atoms with E-state index in [0.29, 0.717) is 23.9 Å². The first kappa shape index (κ1) is 12.3. The molecule has 0 atom stereocenters. The fraction of sp³-hybridized carbons (Fsp3) is 0.545. The molecule has 0 aromatic carbocycles. The van der Waals surface area contributed by atoms with Crippen molar-refractivity contribution in [3.05, 3.63) is 11.8 Å². The maximum absolute atomic E-state index is 11.6. The zero-order valence-electron chi connectivity index (χ0n) is 9.97. The SMILES string of the molecule is CSc1ncc(C(C)=O)c(N2CCOCC2)n1. The summed E-state index contributed by atoms with van der Waals surface area (Å²) in [7, 11) is 0. The standard InChI is InChI=1S/C11H15N3O2S/c1-8(15)9-7-12-11(17-2)13-10(9)14-3-5-16-6-4-14/h7H,3-6H2,1-2H3. The summed E-state index contributed by atoms with van der Waals surface area (Å²) in [6, 6.07) is 0. The van der Waals surface area contributed by atoms with Crippen LogP contribution in [0.5, 0.6) is 0 Å². The minimum absolute atomic E-state index is 0.000792. The number of ether oxygens (including phenoxy) is 1. The number of anilines is 1. The van der Waals surface area contributed by atoms with Gasteiger partial charge < -0.3 is 9.64 Å². The van der Waals surface area contributed by atoms with E-state index in [-0.39, 0.29) is 5.78 Å². The van der Waals surface area contributed by atoms with Crippen molar-refractivity contribution < 1.29 is 9.53 Å². The van der Waals surface area contributed by atoms with Crippen LogP contribution in [0, 0.1) is 0 Å². The van der Waals surface area contributed by atoms with E-state index >= 15 is 0 Å². The van der Waals surface area contributed by atoms with Gasteiger partial charge in [-0.3, -0.25) is 4.79 Å². The van der Waals surface area contributed by atoms with Crippen LogP contribution in [0.3, 0.4) is 0 Å². The van der Waals surface area contributed by atoms with E-state index in [0.717, 1.165) is 18.9 Å². The monoisotopic (exact) mass is 253 g/mol. The molecular formula is C11H15N3O2S. The van der Waals surface area contributed by atoms with Crippen LogP contribution in [0.25, 0.3) is 0 Å². The van der Waals surface area contributed by atoms with Crippen molar-refractivity contribution in [1.82, 2.24) is 9.97 Å². The molecule has 1 aliphatic rings. The van der Waals surface area contributed by atoms with Crippen LogP contribution in [0.4, 0.5) is 5.82 Å². The number of ketones is 1. The summed E-state index contributed by atoms with van der Waals surface area (Å²) in [6.45, 7) is 4.43. The lowest BCUT2D eigenvalue weighted by Gasteiger charge is -2.29. The van der Waals surface area contributed by atoms with E-state index < -0.39 is 0 Å². The van der Waals surface area contributed by atoms with Crippen LogP contribution >= 0.6 is 11.8 Å². The molecule has 92 valence electrons. The van der Waals surface area contributed by atoms with Crippen LogP contribution in [0.1, 0.15) is 17.3 Å². The van der Waals surface area contributed by atoms with E-state index in [1.807, 2.05) is 6.26 Å². The molecule has 0 unspecified atom stereocenters. The molecule has 0 amide bonds. The number of carbonyl (C=O) groups excluding carboxylic acids is 1. The summed E-state index contributed by atoms with van der Waals surface area (Å²) in [4.78, 5) is 22.2. The topological polar surface area (TPSA) is 55.3 Å². The minimum Gasteiger partial charge on any atom is -0.378 e. The summed E-state index contributed by atoms with van der Waals surface area (Å²) >= 11 is 1.48. The number of hydrogen-bond acceptors (Lipinski definition) is 6. The molecule has 0 bridgehead atoms. The first-order valence-electron chi connectivity index (χ1n) is 5.47. The number of hydrogen-bond donors (Lipinski definition) is 0. The molecule has 0 aliphatic carbocycles. The largest absolute Gasteiger partial charge is 0.378 e. The van der Waals surface area contributed by atoms with Crippen LogP contribution in [0.15, 0.2) is 11.4 Å². The Hall–Kier alpha value is -1.14. The van der Waals surface area contributed by atoms with Crippen LogP contribution in [-0.4, -0.2) is 48.3 Å². The molecule has 1 fully saturated rings. The third kappa shape index (κ3) is 2.76. The first-order valence-corrected chi connectivity index (χ1v) is 6.69. The molecule has 2 rings (SSSR count). The van der Waals surface area contributed by atoms with Gasteiger partial charge in [0, 0.05) is 19.3 Å². The van der Waals surface area contributed by atoms with Gasteiger partial charge in [0.15, 0.2) is 10.9 Å². The van der Waals surface area contributed by atoms with Gasteiger partial charge in [-0.25, -0.2) is 9.97 Å². The average molecular weight is 253 g/mol. The van der Waals surface area contributed by atoms with E-state index in [1.54, 1.807) is 13.1 Å². The maximum Gasteiger partial charge on any atom is 0.189 e. The van der Waals surface area contributed by atoms with Crippen LogP contribution < -0.4 is 4.90 Å². The van der Waals surface area contributed by atoms with Gasteiger partial charge in [0.05, 0.1) is 18.8 Å². The number of Topliss-reactive ketones (excluding diaryl/α,β-unsaturated/α-hetero) is 1. The number of nitrogens with zero attached hydrogens (tertiary/aromatic N) is 3. The van der Waals surface area contributed by atoms with Crippen molar-refractivity contribution in [2.75, 3.05) is 37.5 Å². The zero-order chi connectivity index (χ0) is 12.3. The Bertz CT molecular complexity index is 419. The molecule has 1 aliphatic heterocycles. The summed E-state index contributed by atoms with van der Waals surface area (Å²) in [5.41, 5.74) is 0.588. The molecule has 2 heterocycles. The molecule has 0 saturated carbocycles. The van der Waals surface area contributed by atoms with Gasteiger partial charge in [0.25, 0.3) is 0 Å². The lowest BCUT2D eigenvalue weighted by molar-refractivity contribution is 0.101. The lowest BCUT2D eigenvalue weighted by Crippen LogP contribution is -2.37. The zero-order valence-corrected chi connectivity index (χ0v) is 10.8. The van der Waals surface area contributed by atoms with Gasteiger partial charge in [-0.2, -0.15) is 0 Å². The normalized spacial score (nSPS) is 16.0. The molecule has 6 heteroatoms. The van der Waals surface area contributed by atoms with Crippen LogP contribution in [0.2, 0.25) is 0 Å². The van der Waals surface area contributed by atoms with Gasteiger partial charge >= 0.3 is 0 Å². The Morgan fingerprint density at radius 3 is 2.76 bits per heavy atom. The summed E-state index contributed by atoms with van der Waals surface area (Å²) < 4.78 is 5.30. The van der Waals surface area contributed by atoms with Crippen molar-refractivity contribution in [3.8, 4) is 0 Å². The van der Waals surface area contributed by atoms with Gasteiger partial charge in [-0.05, 0) is 13.2 Å². The highest BCUT2D eigenvalue weighted by atomic mass is 32.2. The third-order valence-corrected chi connectivity index (χ3v) is 3.18. The van der Waals surface area contributed by atoms with Crippen molar-refractivity contribution in [1.29, 1.82) is 0 Å². The van der Waals surface area contributed by atoms with Crippen LogP contribution in [-0.2, 0) is 4.74 Å². The number of morpholine rings is 1. The van der Waals surface area contributed by atoms with Crippen molar-refractivity contribution in [2.45, 2.75) is 12.1 Å². The predicted octanol–water partition coefficient (Wildman–Crippen LogP) is 1.24. The summed E-state index contributed by atoms with van der Waals surface area (Å²) in [5.74, 6) is 0.735. The minimum atomic E-state index is -0.000792. The number of thioether (sulfide) groups is 1. The molecule has 5 nitrogen and oxygen atoms in total. The Labute approximate surface area is 105 Å². The second kappa shape index (κ2) is 5.46. The maximum atomic E-state index is 11.6. The Balaban J connectivity index is 2.36. The van der Waals surface area contributed by atoms with Gasteiger partial charge in [0.2, 0.25) is 0 Å². The van der Waals surface area contributed by atoms with Crippen molar-refractivity contribution >= 4 is 23.4 Å². The molecule has 17 heavy (non-hydrogen) atoms. The summed E-state index contributed by atoms with van der Waals surface area (Å²) in [5, 5.41) is 0.691. The highest BCUT2D eigenvalue weighted by Gasteiger charge is 2.19. The molecule has 1 aromatic heterocycles. The van der Waals surface area contributed by atoms with E-state index in [9.17, 15) is 4.79 Å². The molecule has 0 radical (unpaired) electrons. The van der Waals surface area contributed by atoms with E-state index in [1.165, 1.54) is 11.8 Å². The number of carbonyl (C=O) groups is 1. The fourth-order valence-electron chi connectivity index (χ4n) is 1.72. The molecule has 1 saturated heterocycles. The van der Waals surface area contributed by atoms with Crippen molar-refractivity contribution in [3.63, 3.8) is 0 Å². The quantitative estimate of drug-likeness (QED) is 0.459. The van der Waals surface area contributed by atoms with Gasteiger partial charge in [-0.1, -0.05) is 11.8 Å². The highest BCUT2D eigenvalue weighted by molar-refractivity contribution is 7.98. The molecule has 1 aromatic rings. The lowest BCUT2D eigenvalue weighted by atomic mass is 10.2. The third-order valence-electron chi connectivity index (χ3n) is 2.62. The first-order chi connectivity index (χ1) is 8.22. The summed E-state index contributed by atoms with van der Waals surface area (Å²) in [6.07, 6.45) is 3.54. The predicted molar refractivity (Wildman–Crippen MR) is 66.8 cm³/mol. The Morgan fingerprint density at radius 1 is 1.47 bits per heavy atom. The second-order valence-electron chi connectivity index (χ2n) is 3.75. The van der Waals surface area contributed by atoms with Gasteiger partial charge in [-0.15, -0.1) is 0 Å². The molecule has 0 spiro atoms. The number of rotatable bonds is 3. The van der Waals surface area contributed by atoms with Crippen molar-refractivity contribution in [2.24, 2.45) is 0 Å². The Morgan fingerprint density at radius 2 is 2.18 bits per heavy atom. The van der Waals surface area contributed by atoms with Gasteiger partial charge in [0.1, 0.15) is 5.82 Å². The van der Waals surface area contributed by atoms with E-state index in [4.69, 9.17) is 4.74 Å². The number of aromatic nitrogens is 2. The average Bonchev–Trinajstić information content (AvgIpc) is 2.39. The molecular weight excluding hydrogens is 238 g/mol. The van der Waals surface area contributed by atoms with E-state index in [2.05, 4.69) is 14.9 Å². The molecule has 0 N–H and O–H groups in total.